The summed E-state index contributed by atoms with van der Waals surface area (Å²) < 4.78 is 55.3. The third-order valence-corrected chi connectivity index (χ3v) is 2.52. The van der Waals surface area contributed by atoms with E-state index in [1.54, 1.807) is 0 Å². The first kappa shape index (κ1) is 14.0. The molecule has 0 radical (unpaired) electrons. The van der Waals surface area contributed by atoms with Crippen LogP contribution in [-0.4, -0.2) is 12.4 Å². The van der Waals surface area contributed by atoms with Crippen molar-refractivity contribution >= 4 is 5.78 Å². The maximum absolute atomic E-state index is 13.5. The fourth-order valence-corrected chi connectivity index (χ4v) is 1.67. The van der Waals surface area contributed by atoms with E-state index < -0.39 is 35.3 Å². The van der Waals surface area contributed by atoms with Gasteiger partial charge in [-0.25, -0.2) is 8.78 Å². The number of para-hydroxylation sites is 1. The maximum Gasteiger partial charge on any atom is 0.387 e. The summed E-state index contributed by atoms with van der Waals surface area (Å²) in [6.45, 7) is -3.12. The lowest BCUT2D eigenvalue weighted by Gasteiger charge is -2.10. The molecule has 20 heavy (non-hydrogen) atoms. The third kappa shape index (κ3) is 2.96. The normalized spacial score (nSPS) is 10.7. The summed E-state index contributed by atoms with van der Waals surface area (Å²) in [5, 5.41) is 0. The number of ketones is 1. The number of halogens is 4. The zero-order chi connectivity index (χ0) is 14.7. The van der Waals surface area contributed by atoms with Gasteiger partial charge in [0.15, 0.2) is 5.78 Å². The lowest BCUT2D eigenvalue weighted by atomic mass is 10.0. The number of alkyl halides is 2. The number of benzene rings is 2. The SMILES string of the molecule is O=C(c1cc(F)ccc1F)c1ccccc1OC(F)F. The fourth-order valence-electron chi connectivity index (χ4n) is 1.67. The quantitative estimate of drug-likeness (QED) is 0.630. The van der Waals surface area contributed by atoms with Crippen molar-refractivity contribution in [3.8, 4) is 5.75 Å². The first-order valence-electron chi connectivity index (χ1n) is 5.52. The number of carbonyl (C=O) groups excluding carboxylic acids is 1. The molecule has 0 unspecified atom stereocenters. The summed E-state index contributed by atoms with van der Waals surface area (Å²) in [5.41, 5.74) is -0.812. The van der Waals surface area contributed by atoms with Crippen LogP contribution >= 0.6 is 0 Å². The molecule has 6 heteroatoms. The lowest BCUT2D eigenvalue weighted by Crippen LogP contribution is -2.10. The summed E-state index contributed by atoms with van der Waals surface area (Å²) in [7, 11) is 0. The fraction of sp³-hybridized carbons (Fsp3) is 0.0714. The molecule has 2 rings (SSSR count). The summed E-state index contributed by atoms with van der Waals surface area (Å²) in [6.07, 6.45) is 0. The molecule has 0 fully saturated rings. The van der Waals surface area contributed by atoms with Gasteiger partial charge in [0, 0.05) is 0 Å². The minimum Gasteiger partial charge on any atom is -0.434 e. The van der Waals surface area contributed by atoms with Crippen LogP contribution in [0.25, 0.3) is 0 Å². The second-order valence-electron chi connectivity index (χ2n) is 3.83. The Bertz CT molecular complexity index is 641. The minimum atomic E-state index is -3.12. The van der Waals surface area contributed by atoms with Crippen molar-refractivity contribution in [1.29, 1.82) is 0 Å². The van der Waals surface area contributed by atoms with Crippen LogP contribution in [-0.2, 0) is 0 Å². The lowest BCUT2D eigenvalue weighted by molar-refractivity contribution is -0.0501. The molecule has 0 N–H and O–H groups in total. The van der Waals surface area contributed by atoms with Crippen LogP contribution in [0, 0.1) is 11.6 Å². The molecule has 0 aliphatic rings. The molecule has 2 nitrogen and oxygen atoms in total. The van der Waals surface area contributed by atoms with Crippen molar-refractivity contribution in [2.24, 2.45) is 0 Å². The number of hydrogen-bond acceptors (Lipinski definition) is 2. The van der Waals surface area contributed by atoms with Crippen LogP contribution in [0.4, 0.5) is 17.6 Å². The smallest absolute Gasteiger partial charge is 0.387 e. The predicted octanol–water partition coefficient (Wildman–Crippen LogP) is 3.80. The number of ether oxygens (including phenoxy) is 1. The van der Waals surface area contributed by atoms with Gasteiger partial charge in [0.25, 0.3) is 0 Å². The highest BCUT2D eigenvalue weighted by Crippen LogP contribution is 2.24. The Hall–Kier alpha value is -2.37. The van der Waals surface area contributed by atoms with Crippen LogP contribution < -0.4 is 4.74 Å². The van der Waals surface area contributed by atoms with Gasteiger partial charge in [-0.3, -0.25) is 4.79 Å². The first-order chi connectivity index (χ1) is 9.49. The number of rotatable bonds is 4. The van der Waals surface area contributed by atoms with E-state index in [9.17, 15) is 22.4 Å². The topological polar surface area (TPSA) is 26.3 Å². The van der Waals surface area contributed by atoms with Crippen LogP contribution in [0.2, 0.25) is 0 Å². The molecule has 0 bridgehead atoms. The van der Waals surface area contributed by atoms with Crippen LogP contribution in [0.1, 0.15) is 15.9 Å². The molecule has 104 valence electrons. The van der Waals surface area contributed by atoms with Gasteiger partial charge in [-0.2, -0.15) is 8.78 Å². The molecule has 0 atom stereocenters. The Balaban J connectivity index is 2.45. The van der Waals surface area contributed by atoms with E-state index in [0.717, 1.165) is 18.2 Å². The average Bonchev–Trinajstić information content (AvgIpc) is 2.41. The van der Waals surface area contributed by atoms with Crippen molar-refractivity contribution in [3.63, 3.8) is 0 Å². The molecular weight excluding hydrogens is 276 g/mol. The maximum atomic E-state index is 13.5. The summed E-state index contributed by atoms with van der Waals surface area (Å²) >= 11 is 0. The molecule has 0 saturated heterocycles. The number of hydrogen-bond donors (Lipinski definition) is 0. The first-order valence-corrected chi connectivity index (χ1v) is 5.52. The molecule has 2 aromatic rings. The Morgan fingerprint density at radius 1 is 1.00 bits per heavy atom. The Morgan fingerprint density at radius 3 is 2.40 bits per heavy atom. The summed E-state index contributed by atoms with van der Waals surface area (Å²) in [4.78, 5) is 12.1. The van der Waals surface area contributed by atoms with Crippen molar-refractivity contribution < 1.29 is 27.1 Å². The highest BCUT2D eigenvalue weighted by molar-refractivity contribution is 6.10. The molecule has 2 aromatic carbocycles. The Kier molecular flexibility index (Phi) is 4.02. The van der Waals surface area contributed by atoms with Gasteiger partial charge in [-0.1, -0.05) is 12.1 Å². The molecular formula is C14H8F4O2. The van der Waals surface area contributed by atoms with E-state index in [0.29, 0.717) is 6.07 Å². The molecule has 0 aromatic heterocycles. The molecule has 0 amide bonds. The number of carbonyl (C=O) groups is 1. The van der Waals surface area contributed by atoms with Crippen molar-refractivity contribution in [1.82, 2.24) is 0 Å². The van der Waals surface area contributed by atoms with Gasteiger partial charge >= 0.3 is 6.61 Å². The molecule has 0 aliphatic carbocycles. The van der Waals surface area contributed by atoms with Gasteiger partial charge in [0.05, 0.1) is 11.1 Å². The van der Waals surface area contributed by atoms with E-state index in [1.165, 1.54) is 18.2 Å². The summed E-state index contributed by atoms with van der Waals surface area (Å²) in [5.74, 6) is -3.07. The van der Waals surface area contributed by atoms with Crippen LogP contribution in [0.5, 0.6) is 5.75 Å². The van der Waals surface area contributed by atoms with Crippen LogP contribution in [0.3, 0.4) is 0 Å². The van der Waals surface area contributed by atoms with Crippen LogP contribution in [0.15, 0.2) is 42.5 Å². The van der Waals surface area contributed by atoms with E-state index in [-0.39, 0.29) is 5.56 Å². The molecule has 0 saturated carbocycles. The highest BCUT2D eigenvalue weighted by Gasteiger charge is 2.20. The Morgan fingerprint density at radius 2 is 1.70 bits per heavy atom. The molecule has 0 aliphatic heterocycles. The third-order valence-electron chi connectivity index (χ3n) is 2.52. The van der Waals surface area contributed by atoms with Gasteiger partial charge in [0.2, 0.25) is 0 Å². The van der Waals surface area contributed by atoms with E-state index in [2.05, 4.69) is 4.74 Å². The second kappa shape index (κ2) is 5.73. The van der Waals surface area contributed by atoms with E-state index >= 15 is 0 Å². The zero-order valence-electron chi connectivity index (χ0n) is 9.95. The monoisotopic (exact) mass is 284 g/mol. The van der Waals surface area contributed by atoms with Gasteiger partial charge < -0.3 is 4.74 Å². The highest BCUT2D eigenvalue weighted by atomic mass is 19.3. The molecule has 0 heterocycles. The minimum absolute atomic E-state index is 0.266. The second-order valence-corrected chi connectivity index (χ2v) is 3.83. The predicted molar refractivity (Wildman–Crippen MR) is 62.9 cm³/mol. The Labute approximate surface area is 111 Å². The van der Waals surface area contributed by atoms with Gasteiger partial charge in [-0.15, -0.1) is 0 Å². The van der Waals surface area contributed by atoms with Gasteiger partial charge in [-0.05, 0) is 30.3 Å². The van der Waals surface area contributed by atoms with Crippen molar-refractivity contribution in [2.45, 2.75) is 6.61 Å². The van der Waals surface area contributed by atoms with E-state index in [4.69, 9.17) is 0 Å². The molecule has 0 spiro atoms. The standard InChI is InChI=1S/C14H8F4O2/c15-8-5-6-11(16)10(7-8)13(19)9-3-1-2-4-12(9)20-14(17)18/h1-7,14H. The van der Waals surface area contributed by atoms with Crippen molar-refractivity contribution in [3.05, 3.63) is 65.2 Å². The zero-order valence-corrected chi connectivity index (χ0v) is 9.95. The largest absolute Gasteiger partial charge is 0.434 e. The van der Waals surface area contributed by atoms with E-state index in [1.807, 2.05) is 0 Å². The van der Waals surface area contributed by atoms with Gasteiger partial charge in [0.1, 0.15) is 17.4 Å². The average molecular weight is 284 g/mol. The summed E-state index contributed by atoms with van der Waals surface area (Å²) in [6, 6.07) is 7.49. The van der Waals surface area contributed by atoms with Crippen molar-refractivity contribution in [2.75, 3.05) is 0 Å².